The Kier molecular flexibility index (Phi) is 8.34. The Labute approximate surface area is 132 Å². The minimum Gasteiger partial charge on any atom is -0.357 e. The van der Waals surface area contributed by atoms with Gasteiger partial charge in [0.25, 0.3) is 0 Å². The lowest BCUT2D eigenvalue weighted by molar-refractivity contribution is 0.647. The maximum absolute atomic E-state index is 6.22. The quantitative estimate of drug-likeness (QED) is 0.701. The second-order valence-electron chi connectivity index (χ2n) is 5.02. The molecule has 1 aromatic heterocycles. The first-order chi connectivity index (χ1) is 9.60. The van der Waals surface area contributed by atoms with E-state index in [1.165, 1.54) is 5.75 Å². The Morgan fingerprint density at radius 1 is 1.45 bits per heavy atom. The molecule has 0 amide bonds. The monoisotopic (exact) mass is 315 g/mol. The Bertz CT molecular complexity index is 401. The van der Waals surface area contributed by atoms with Crippen molar-refractivity contribution in [1.82, 2.24) is 10.3 Å². The van der Waals surface area contributed by atoms with E-state index in [-0.39, 0.29) is 0 Å². The normalized spacial score (nSPS) is 12.4. The zero-order valence-electron chi connectivity index (χ0n) is 12.9. The number of rotatable bonds is 9. The van der Waals surface area contributed by atoms with E-state index < -0.39 is 0 Å². The summed E-state index contributed by atoms with van der Waals surface area (Å²) in [5.74, 6) is 2.17. The largest absolute Gasteiger partial charge is 0.357 e. The molecule has 0 saturated carbocycles. The molecule has 5 heteroatoms. The van der Waals surface area contributed by atoms with Gasteiger partial charge in [-0.2, -0.15) is 11.8 Å². The first-order valence-corrected chi connectivity index (χ1v) is 8.95. The van der Waals surface area contributed by atoms with Crippen LogP contribution in [0, 0.1) is 0 Å². The zero-order valence-corrected chi connectivity index (χ0v) is 14.5. The van der Waals surface area contributed by atoms with Gasteiger partial charge in [0.2, 0.25) is 0 Å². The Balaban J connectivity index is 2.72. The molecule has 114 valence electrons. The molecule has 1 atom stereocenters. The molecule has 0 aromatic carbocycles. The highest BCUT2D eigenvalue weighted by atomic mass is 35.5. The molecule has 1 N–H and O–H groups in total. The second kappa shape index (κ2) is 9.48. The van der Waals surface area contributed by atoms with Crippen LogP contribution in [0.25, 0.3) is 0 Å². The van der Waals surface area contributed by atoms with Crippen molar-refractivity contribution >= 4 is 29.2 Å². The van der Waals surface area contributed by atoms with E-state index >= 15 is 0 Å². The van der Waals surface area contributed by atoms with Crippen molar-refractivity contribution < 1.29 is 0 Å². The lowest BCUT2D eigenvalue weighted by atomic mass is 10.2. The second-order valence-corrected chi connectivity index (χ2v) is 6.41. The number of thioether (sulfide) groups is 1. The van der Waals surface area contributed by atoms with Crippen LogP contribution in [0.4, 0.5) is 5.82 Å². The molecule has 0 spiro atoms. The number of aromatic nitrogens is 1. The number of anilines is 1. The van der Waals surface area contributed by atoms with Crippen molar-refractivity contribution in [1.29, 1.82) is 0 Å². The molecule has 0 aliphatic rings. The molecular formula is C15H26ClN3S. The van der Waals surface area contributed by atoms with Crippen LogP contribution in [0.1, 0.15) is 32.4 Å². The van der Waals surface area contributed by atoms with Gasteiger partial charge in [-0.05, 0) is 50.5 Å². The summed E-state index contributed by atoms with van der Waals surface area (Å²) in [7, 11) is 2.10. The fourth-order valence-corrected chi connectivity index (χ4v) is 2.63. The van der Waals surface area contributed by atoms with Crippen LogP contribution in [0.2, 0.25) is 5.02 Å². The van der Waals surface area contributed by atoms with Crippen molar-refractivity contribution in [3.05, 3.63) is 22.8 Å². The summed E-state index contributed by atoms with van der Waals surface area (Å²) in [6.07, 6.45) is 4.42. The van der Waals surface area contributed by atoms with Crippen molar-refractivity contribution in [3.63, 3.8) is 0 Å². The van der Waals surface area contributed by atoms with E-state index in [4.69, 9.17) is 16.6 Å². The van der Waals surface area contributed by atoms with E-state index in [9.17, 15) is 0 Å². The van der Waals surface area contributed by atoms with E-state index in [1.807, 2.05) is 23.9 Å². The predicted octanol–water partition coefficient (Wildman–Crippen LogP) is 3.81. The van der Waals surface area contributed by atoms with Gasteiger partial charge in [-0.25, -0.2) is 4.98 Å². The molecule has 3 nitrogen and oxygen atoms in total. The average Bonchev–Trinajstić information content (AvgIpc) is 2.46. The van der Waals surface area contributed by atoms with E-state index in [1.54, 1.807) is 0 Å². The molecule has 0 saturated heterocycles. The topological polar surface area (TPSA) is 28.2 Å². The smallest absolute Gasteiger partial charge is 0.128 e. The third-order valence-electron chi connectivity index (χ3n) is 3.39. The van der Waals surface area contributed by atoms with Gasteiger partial charge < -0.3 is 10.2 Å². The Morgan fingerprint density at radius 3 is 2.85 bits per heavy atom. The van der Waals surface area contributed by atoms with Crippen molar-refractivity contribution in [2.75, 3.05) is 30.5 Å². The number of pyridine rings is 1. The standard InChI is InChI=1S/C15H26ClN3S/c1-5-9-17-11-14-13(16)6-7-15(18-14)19(3)12(2)8-10-20-4/h6-7,12,17H,5,8-11H2,1-4H3. The van der Waals surface area contributed by atoms with Crippen LogP contribution < -0.4 is 10.2 Å². The van der Waals surface area contributed by atoms with Crippen LogP contribution >= 0.6 is 23.4 Å². The first-order valence-electron chi connectivity index (χ1n) is 7.18. The number of nitrogens with one attached hydrogen (secondary N) is 1. The van der Waals surface area contributed by atoms with E-state index in [0.717, 1.165) is 42.5 Å². The SMILES string of the molecule is CCCNCc1nc(N(C)C(C)CCSC)ccc1Cl. The summed E-state index contributed by atoms with van der Waals surface area (Å²) in [6.45, 7) is 6.11. The molecule has 20 heavy (non-hydrogen) atoms. The molecule has 0 fully saturated rings. The van der Waals surface area contributed by atoms with Gasteiger partial charge in [-0.15, -0.1) is 0 Å². The molecule has 0 radical (unpaired) electrons. The fraction of sp³-hybridized carbons (Fsp3) is 0.667. The highest BCUT2D eigenvalue weighted by Gasteiger charge is 2.12. The molecule has 0 bridgehead atoms. The minimum absolute atomic E-state index is 0.479. The lowest BCUT2D eigenvalue weighted by Crippen LogP contribution is -2.30. The minimum atomic E-state index is 0.479. The summed E-state index contributed by atoms with van der Waals surface area (Å²) in [5, 5.41) is 4.09. The highest BCUT2D eigenvalue weighted by Crippen LogP contribution is 2.21. The summed E-state index contributed by atoms with van der Waals surface area (Å²) in [5.41, 5.74) is 0.932. The Morgan fingerprint density at radius 2 is 2.20 bits per heavy atom. The molecule has 1 unspecified atom stereocenters. The van der Waals surface area contributed by atoms with Gasteiger partial charge in [-0.1, -0.05) is 18.5 Å². The number of hydrogen-bond acceptors (Lipinski definition) is 4. The molecule has 1 aromatic rings. The summed E-state index contributed by atoms with van der Waals surface area (Å²) in [4.78, 5) is 6.93. The van der Waals surface area contributed by atoms with E-state index in [0.29, 0.717) is 6.04 Å². The van der Waals surface area contributed by atoms with E-state index in [2.05, 4.69) is 37.4 Å². The molecule has 1 rings (SSSR count). The van der Waals surface area contributed by atoms with Gasteiger partial charge in [0.1, 0.15) is 5.82 Å². The molecule has 1 heterocycles. The maximum Gasteiger partial charge on any atom is 0.128 e. The first kappa shape index (κ1) is 17.6. The van der Waals surface area contributed by atoms with Crippen LogP contribution in [0.15, 0.2) is 12.1 Å². The van der Waals surface area contributed by atoms with Crippen molar-refractivity contribution in [3.8, 4) is 0 Å². The summed E-state index contributed by atoms with van der Waals surface area (Å²) < 4.78 is 0. The highest BCUT2D eigenvalue weighted by molar-refractivity contribution is 7.98. The van der Waals surface area contributed by atoms with Gasteiger partial charge in [-0.3, -0.25) is 0 Å². The van der Waals surface area contributed by atoms with Crippen molar-refractivity contribution in [2.24, 2.45) is 0 Å². The fourth-order valence-electron chi connectivity index (χ4n) is 1.88. The van der Waals surface area contributed by atoms with Crippen LogP contribution in [-0.2, 0) is 6.54 Å². The average molecular weight is 316 g/mol. The number of hydrogen-bond donors (Lipinski definition) is 1. The summed E-state index contributed by atoms with van der Waals surface area (Å²) in [6, 6.07) is 4.43. The summed E-state index contributed by atoms with van der Waals surface area (Å²) >= 11 is 8.10. The van der Waals surface area contributed by atoms with Gasteiger partial charge in [0.15, 0.2) is 0 Å². The number of nitrogens with zero attached hydrogens (tertiary/aromatic N) is 2. The molecular weight excluding hydrogens is 290 g/mol. The predicted molar refractivity (Wildman–Crippen MR) is 92.1 cm³/mol. The molecule has 0 aliphatic heterocycles. The third kappa shape index (κ3) is 5.51. The number of halogens is 1. The maximum atomic E-state index is 6.22. The third-order valence-corrected chi connectivity index (χ3v) is 4.37. The van der Waals surface area contributed by atoms with Gasteiger partial charge >= 0.3 is 0 Å². The van der Waals surface area contributed by atoms with Crippen LogP contribution in [-0.4, -0.2) is 36.6 Å². The van der Waals surface area contributed by atoms with Crippen molar-refractivity contribution in [2.45, 2.75) is 39.3 Å². The zero-order chi connectivity index (χ0) is 15.0. The van der Waals surface area contributed by atoms with Crippen LogP contribution in [0.3, 0.4) is 0 Å². The van der Waals surface area contributed by atoms with Gasteiger partial charge in [0.05, 0.1) is 10.7 Å². The molecule has 0 aliphatic carbocycles. The van der Waals surface area contributed by atoms with Crippen LogP contribution in [0.5, 0.6) is 0 Å². The van der Waals surface area contributed by atoms with Gasteiger partial charge in [0, 0.05) is 19.6 Å². The lowest BCUT2D eigenvalue weighted by Gasteiger charge is -2.26. The Hall–Kier alpha value is -0.450.